The van der Waals surface area contributed by atoms with Crippen LogP contribution in [0.4, 0.5) is 0 Å². The average molecular weight is 196 g/mol. The van der Waals surface area contributed by atoms with E-state index in [2.05, 4.69) is 5.32 Å². The van der Waals surface area contributed by atoms with Gasteiger partial charge >= 0.3 is 0 Å². The SMILES string of the molecule is CC(O)CCNC(=O)c1cccn1C. The molecule has 78 valence electrons. The van der Waals surface area contributed by atoms with E-state index in [1.54, 1.807) is 17.6 Å². The normalized spacial score (nSPS) is 12.5. The summed E-state index contributed by atoms with van der Waals surface area (Å²) in [4.78, 5) is 11.5. The second kappa shape index (κ2) is 4.81. The lowest BCUT2D eigenvalue weighted by Crippen LogP contribution is -2.27. The van der Waals surface area contributed by atoms with Crippen molar-refractivity contribution in [2.45, 2.75) is 19.4 Å². The van der Waals surface area contributed by atoms with Gasteiger partial charge in [-0.25, -0.2) is 0 Å². The van der Waals surface area contributed by atoms with Crippen molar-refractivity contribution in [1.29, 1.82) is 0 Å². The average Bonchev–Trinajstić information content (AvgIpc) is 2.50. The highest BCUT2D eigenvalue weighted by Gasteiger charge is 2.07. The molecule has 0 aliphatic carbocycles. The molecule has 0 aliphatic heterocycles. The molecule has 14 heavy (non-hydrogen) atoms. The minimum absolute atomic E-state index is 0.0989. The summed E-state index contributed by atoms with van der Waals surface area (Å²) in [5, 5.41) is 11.7. The van der Waals surface area contributed by atoms with Gasteiger partial charge in [0.25, 0.3) is 5.91 Å². The highest BCUT2D eigenvalue weighted by molar-refractivity contribution is 5.92. The quantitative estimate of drug-likeness (QED) is 0.738. The lowest BCUT2D eigenvalue weighted by Gasteiger charge is -2.07. The molecule has 1 aromatic rings. The minimum Gasteiger partial charge on any atom is -0.393 e. The maximum atomic E-state index is 11.5. The molecule has 2 N–H and O–H groups in total. The Balaban J connectivity index is 2.40. The van der Waals surface area contributed by atoms with Crippen LogP contribution < -0.4 is 5.32 Å². The summed E-state index contributed by atoms with van der Waals surface area (Å²) in [7, 11) is 1.82. The van der Waals surface area contributed by atoms with E-state index >= 15 is 0 Å². The van der Waals surface area contributed by atoms with Crippen LogP contribution in [0, 0.1) is 0 Å². The summed E-state index contributed by atoms with van der Waals surface area (Å²) in [5.74, 6) is -0.0989. The molecular formula is C10H16N2O2. The van der Waals surface area contributed by atoms with Crippen LogP contribution in [0.5, 0.6) is 0 Å². The first-order chi connectivity index (χ1) is 6.61. The van der Waals surface area contributed by atoms with E-state index in [0.717, 1.165) is 0 Å². The number of aromatic nitrogens is 1. The van der Waals surface area contributed by atoms with E-state index in [1.807, 2.05) is 19.3 Å². The van der Waals surface area contributed by atoms with Gasteiger partial charge in [-0.15, -0.1) is 0 Å². The number of aryl methyl sites for hydroxylation is 1. The first kappa shape index (κ1) is 10.8. The maximum Gasteiger partial charge on any atom is 0.267 e. The zero-order valence-corrected chi connectivity index (χ0v) is 8.53. The molecule has 1 amide bonds. The summed E-state index contributed by atoms with van der Waals surface area (Å²) in [6, 6.07) is 3.58. The Labute approximate surface area is 83.5 Å². The molecule has 0 saturated carbocycles. The van der Waals surface area contributed by atoms with Crippen LogP contribution in [0.15, 0.2) is 18.3 Å². The highest BCUT2D eigenvalue weighted by atomic mass is 16.3. The lowest BCUT2D eigenvalue weighted by atomic mass is 10.3. The number of nitrogens with zero attached hydrogens (tertiary/aromatic N) is 1. The monoisotopic (exact) mass is 196 g/mol. The predicted molar refractivity (Wildman–Crippen MR) is 54.0 cm³/mol. The van der Waals surface area contributed by atoms with Gasteiger partial charge in [-0.05, 0) is 25.5 Å². The number of amides is 1. The first-order valence-corrected chi connectivity index (χ1v) is 4.69. The molecule has 4 nitrogen and oxygen atoms in total. The number of hydrogen-bond donors (Lipinski definition) is 2. The molecule has 4 heteroatoms. The topological polar surface area (TPSA) is 54.3 Å². The zero-order chi connectivity index (χ0) is 10.6. The van der Waals surface area contributed by atoms with E-state index in [4.69, 9.17) is 5.11 Å². The van der Waals surface area contributed by atoms with Gasteiger partial charge in [0.05, 0.1) is 6.10 Å². The van der Waals surface area contributed by atoms with Crippen LogP contribution >= 0.6 is 0 Å². The third kappa shape index (κ3) is 2.88. The Morgan fingerprint density at radius 2 is 2.43 bits per heavy atom. The molecule has 0 bridgehead atoms. The third-order valence-corrected chi connectivity index (χ3v) is 2.02. The smallest absolute Gasteiger partial charge is 0.267 e. The molecule has 1 rings (SSSR count). The van der Waals surface area contributed by atoms with Crippen LogP contribution in [-0.2, 0) is 7.05 Å². The summed E-state index contributed by atoms with van der Waals surface area (Å²) < 4.78 is 1.76. The Morgan fingerprint density at radius 1 is 1.71 bits per heavy atom. The number of carbonyl (C=O) groups is 1. The molecule has 0 aromatic carbocycles. The van der Waals surface area contributed by atoms with Gasteiger partial charge in [-0.2, -0.15) is 0 Å². The van der Waals surface area contributed by atoms with Gasteiger partial charge in [0.2, 0.25) is 0 Å². The fourth-order valence-corrected chi connectivity index (χ4v) is 1.18. The molecule has 1 aromatic heterocycles. The second-order valence-corrected chi connectivity index (χ2v) is 3.40. The summed E-state index contributed by atoms with van der Waals surface area (Å²) in [6.45, 7) is 2.20. The number of hydrogen-bond acceptors (Lipinski definition) is 2. The van der Waals surface area contributed by atoms with Gasteiger partial charge in [-0.3, -0.25) is 4.79 Å². The molecular weight excluding hydrogens is 180 g/mol. The Hall–Kier alpha value is -1.29. The number of rotatable bonds is 4. The van der Waals surface area contributed by atoms with Gasteiger partial charge in [-0.1, -0.05) is 0 Å². The largest absolute Gasteiger partial charge is 0.393 e. The summed E-state index contributed by atoms with van der Waals surface area (Å²) in [6.07, 6.45) is 2.03. The van der Waals surface area contributed by atoms with Gasteiger partial charge in [0, 0.05) is 19.8 Å². The predicted octanol–water partition coefficient (Wildman–Crippen LogP) is 0.526. The van der Waals surface area contributed by atoms with Crippen LogP contribution in [0.1, 0.15) is 23.8 Å². The van der Waals surface area contributed by atoms with Gasteiger partial charge in [0.15, 0.2) is 0 Å². The van der Waals surface area contributed by atoms with E-state index < -0.39 is 0 Å². The van der Waals surface area contributed by atoms with Crippen LogP contribution in [-0.4, -0.2) is 28.2 Å². The Morgan fingerprint density at radius 3 is 2.93 bits per heavy atom. The van der Waals surface area contributed by atoms with Gasteiger partial charge < -0.3 is 15.0 Å². The fraction of sp³-hybridized carbons (Fsp3) is 0.500. The van der Waals surface area contributed by atoms with E-state index in [1.165, 1.54) is 0 Å². The molecule has 0 saturated heterocycles. The van der Waals surface area contributed by atoms with E-state index in [9.17, 15) is 4.79 Å². The lowest BCUT2D eigenvalue weighted by molar-refractivity contribution is 0.0937. The van der Waals surface area contributed by atoms with Crippen LogP contribution in [0.25, 0.3) is 0 Å². The standard InChI is InChI=1S/C10H16N2O2/c1-8(13)5-6-11-10(14)9-4-3-7-12(9)2/h3-4,7-8,13H,5-6H2,1-2H3,(H,11,14). The van der Waals surface area contributed by atoms with Crippen molar-refractivity contribution in [3.05, 3.63) is 24.0 Å². The van der Waals surface area contributed by atoms with Crippen molar-refractivity contribution in [2.24, 2.45) is 7.05 Å². The molecule has 1 atom stereocenters. The zero-order valence-electron chi connectivity index (χ0n) is 8.53. The minimum atomic E-state index is -0.372. The molecule has 0 spiro atoms. The van der Waals surface area contributed by atoms with Crippen molar-refractivity contribution in [2.75, 3.05) is 6.54 Å². The van der Waals surface area contributed by atoms with E-state index in [-0.39, 0.29) is 12.0 Å². The Bertz CT molecular complexity index is 305. The second-order valence-electron chi connectivity index (χ2n) is 3.40. The molecule has 0 aliphatic rings. The van der Waals surface area contributed by atoms with Crippen molar-refractivity contribution in [3.63, 3.8) is 0 Å². The number of aliphatic hydroxyl groups excluding tert-OH is 1. The fourth-order valence-electron chi connectivity index (χ4n) is 1.18. The maximum absolute atomic E-state index is 11.5. The Kier molecular flexibility index (Phi) is 3.71. The number of nitrogens with one attached hydrogen (secondary N) is 1. The number of aliphatic hydroxyl groups is 1. The molecule has 1 unspecified atom stereocenters. The van der Waals surface area contributed by atoms with E-state index in [0.29, 0.717) is 18.7 Å². The van der Waals surface area contributed by atoms with Crippen molar-refractivity contribution in [3.8, 4) is 0 Å². The van der Waals surface area contributed by atoms with Crippen molar-refractivity contribution in [1.82, 2.24) is 9.88 Å². The van der Waals surface area contributed by atoms with Crippen LogP contribution in [0.2, 0.25) is 0 Å². The third-order valence-electron chi connectivity index (χ3n) is 2.02. The molecule has 0 radical (unpaired) electrons. The molecule has 1 heterocycles. The highest BCUT2D eigenvalue weighted by Crippen LogP contribution is 1.99. The van der Waals surface area contributed by atoms with Crippen LogP contribution in [0.3, 0.4) is 0 Å². The molecule has 0 fully saturated rings. The van der Waals surface area contributed by atoms with Gasteiger partial charge in [0.1, 0.15) is 5.69 Å². The van der Waals surface area contributed by atoms with Crippen molar-refractivity contribution >= 4 is 5.91 Å². The first-order valence-electron chi connectivity index (χ1n) is 4.69. The van der Waals surface area contributed by atoms with Crippen molar-refractivity contribution < 1.29 is 9.90 Å². The summed E-state index contributed by atoms with van der Waals surface area (Å²) in [5.41, 5.74) is 0.635. The summed E-state index contributed by atoms with van der Waals surface area (Å²) >= 11 is 0. The number of carbonyl (C=O) groups excluding carboxylic acids is 1.